The van der Waals surface area contributed by atoms with Gasteiger partial charge >= 0.3 is 5.97 Å². The Kier molecular flexibility index (Phi) is 3.29. The third-order valence-corrected chi connectivity index (χ3v) is 3.31. The highest BCUT2D eigenvalue weighted by atomic mass is 16.5. The van der Waals surface area contributed by atoms with Crippen LogP contribution in [0.25, 0.3) is 11.3 Å². The Morgan fingerprint density at radius 2 is 2.00 bits per heavy atom. The van der Waals surface area contributed by atoms with Crippen LogP contribution in [0.15, 0.2) is 12.3 Å². The largest absolute Gasteiger partial charge is 0.496 e. The van der Waals surface area contributed by atoms with Crippen LogP contribution in [0.2, 0.25) is 0 Å². The lowest BCUT2D eigenvalue weighted by molar-refractivity contribution is 0.0698. The number of ether oxygens (including phenoxy) is 1. The van der Waals surface area contributed by atoms with Crippen LogP contribution in [0.1, 0.15) is 27.0 Å². The molecule has 0 bridgehead atoms. The van der Waals surface area contributed by atoms with E-state index in [1.807, 2.05) is 26.8 Å². The topological polar surface area (TPSA) is 75.2 Å². The molecule has 2 rings (SSSR count). The predicted octanol–water partition coefficient (Wildman–Crippen LogP) is 2.71. The summed E-state index contributed by atoms with van der Waals surface area (Å²) < 4.78 is 5.46. The summed E-state index contributed by atoms with van der Waals surface area (Å²) in [5, 5.41) is 15.8. The summed E-state index contributed by atoms with van der Waals surface area (Å²) in [5.41, 5.74) is 4.42. The fourth-order valence-corrected chi connectivity index (χ4v) is 2.26. The minimum absolute atomic E-state index is 0.143. The van der Waals surface area contributed by atoms with Crippen molar-refractivity contribution in [3.05, 3.63) is 34.5 Å². The molecule has 0 radical (unpaired) electrons. The lowest BCUT2D eigenvalue weighted by Gasteiger charge is -2.16. The fourth-order valence-electron chi connectivity index (χ4n) is 2.26. The highest BCUT2D eigenvalue weighted by Crippen LogP contribution is 2.38. The van der Waals surface area contributed by atoms with Gasteiger partial charge in [0.05, 0.1) is 19.0 Å². The van der Waals surface area contributed by atoms with Crippen molar-refractivity contribution >= 4 is 5.97 Å². The summed E-state index contributed by atoms with van der Waals surface area (Å²) >= 11 is 0. The second-order valence-corrected chi connectivity index (χ2v) is 4.51. The number of carbonyl (C=O) groups is 1. The summed E-state index contributed by atoms with van der Waals surface area (Å²) in [6, 6.07) is 2.01. The van der Waals surface area contributed by atoms with Crippen molar-refractivity contribution in [1.82, 2.24) is 10.2 Å². The molecule has 2 N–H and O–H groups in total. The predicted molar refractivity (Wildman–Crippen MR) is 71.7 cm³/mol. The van der Waals surface area contributed by atoms with Crippen molar-refractivity contribution in [2.45, 2.75) is 20.8 Å². The van der Waals surface area contributed by atoms with Crippen LogP contribution in [0.3, 0.4) is 0 Å². The number of nitrogens with zero attached hydrogens (tertiary/aromatic N) is 1. The molecule has 0 unspecified atom stereocenters. The van der Waals surface area contributed by atoms with Crippen LogP contribution >= 0.6 is 0 Å². The number of methoxy groups -OCH3 is 1. The van der Waals surface area contributed by atoms with E-state index in [2.05, 4.69) is 10.2 Å². The van der Waals surface area contributed by atoms with Gasteiger partial charge in [-0.25, -0.2) is 4.79 Å². The molecule has 2 aromatic rings. The zero-order valence-electron chi connectivity index (χ0n) is 11.4. The van der Waals surface area contributed by atoms with E-state index in [4.69, 9.17) is 4.74 Å². The SMILES string of the molecule is COc1c(C)c(C)cc(C)c1-c1[nH]ncc1C(=O)O. The number of hydrogen-bond donors (Lipinski definition) is 2. The number of carboxylic acids is 1. The van der Waals surface area contributed by atoms with Gasteiger partial charge in [0.1, 0.15) is 11.3 Å². The number of nitrogens with one attached hydrogen (secondary N) is 1. The molecular formula is C14H16N2O3. The van der Waals surface area contributed by atoms with Gasteiger partial charge < -0.3 is 9.84 Å². The Bertz CT molecular complexity index is 644. The van der Waals surface area contributed by atoms with Crippen molar-refractivity contribution in [1.29, 1.82) is 0 Å². The Hall–Kier alpha value is -2.30. The summed E-state index contributed by atoms with van der Waals surface area (Å²) in [4.78, 5) is 11.2. The van der Waals surface area contributed by atoms with Gasteiger partial charge in [-0.3, -0.25) is 5.10 Å². The van der Waals surface area contributed by atoms with E-state index in [1.54, 1.807) is 7.11 Å². The van der Waals surface area contributed by atoms with Gasteiger partial charge in [0.2, 0.25) is 0 Å². The molecule has 0 amide bonds. The second-order valence-electron chi connectivity index (χ2n) is 4.51. The minimum Gasteiger partial charge on any atom is -0.496 e. The highest BCUT2D eigenvalue weighted by Gasteiger charge is 2.21. The Morgan fingerprint density at radius 3 is 2.58 bits per heavy atom. The first-order valence-corrected chi connectivity index (χ1v) is 5.89. The maximum atomic E-state index is 11.2. The van der Waals surface area contributed by atoms with Crippen LogP contribution in [0.4, 0.5) is 0 Å². The van der Waals surface area contributed by atoms with E-state index in [0.717, 1.165) is 22.3 Å². The van der Waals surface area contributed by atoms with Gasteiger partial charge in [-0.05, 0) is 37.5 Å². The zero-order valence-corrected chi connectivity index (χ0v) is 11.4. The molecule has 0 fully saturated rings. The molecule has 0 aliphatic heterocycles. The zero-order chi connectivity index (χ0) is 14.2. The van der Waals surface area contributed by atoms with Gasteiger partial charge in [0.15, 0.2) is 0 Å². The van der Waals surface area contributed by atoms with Crippen LogP contribution in [-0.4, -0.2) is 28.4 Å². The number of aromatic carboxylic acids is 1. The number of H-pyrrole nitrogens is 1. The third-order valence-electron chi connectivity index (χ3n) is 3.31. The number of hydrogen-bond acceptors (Lipinski definition) is 3. The van der Waals surface area contributed by atoms with Gasteiger partial charge in [0.25, 0.3) is 0 Å². The van der Waals surface area contributed by atoms with E-state index in [0.29, 0.717) is 11.4 Å². The first kappa shape index (κ1) is 13.1. The molecule has 100 valence electrons. The second kappa shape index (κ2) is 4.76. The maximum Gasteiger partial charge on any atom is 0.339 e. The first-order valence-electron chi connectivity index (χ1n) is 5.89. The molecule has 5 heteroatoms. The molecule has 0 aliphatic carbocycles. The summed E-state index contributed by atoms with van der Waals surface area (Å²) in [6.07, 6.45) is 1.31. The Balaban J connectivity index is 2.78. The number of benzene rings is 1. The van der Waals surface area contributed by atoms with Crippen molar-refractivity contribution in [3.8, 4) is 17.0 Å². The van der Waals surface area contributed by atoms with E-state index < -0.39 is 5.97 Å². The standard InChI is InChI=1S/C14H16N2O3/c1-7-5-8(2)11(13(19-4)9(7)3)12-10(14(17)18)6-15-16-12/h5-6H,1-4H3,(H,15,16)(H,17,18). The van der Waals surface area contributed by atoms with Crippen molar-refractivity contribution in [2.24, 2.45) is 0 Å². The molecule has 1 aromatic heterocycles. The lowest BCUT2D eigenvalue weighted by atomic mass is 9.95. The maximum absolute atomic E-state index is 11.2. The lowest BCUT2D eigenvalue weighted by Crippen LogP contribution is -2.02. The van der Waals surface area contributed by atoms with Crippen LogP contribution in [0.5, 0.6) is 5.75 Å². The molecule has 1 heterocycles. The molecule has 5 nitrogen and oxygen atoms in total. The molecule has 19 heavy (non-hydrogen) atoms. The number of aromatic nitrogens is 2. The number of carboxylic acid groups (broad SMARTS) is 1. The first-order chi connectivity index (χ1) is 8.97. The summed E-state index contributed by atoms with van der Waals surface area (Å²) in [6.45, 7) is 5.88. The average molecular weight is 260 g/mol. The summed E-state index contributed by atoms with van der Waals surface area (Å²) in [7, 11) is 1.58. The van der Waals surface area contributed by atoms with Crippen LogP contribution in [-0.2, 0) is 0 Å². The highest BCUT2D eigenvalue weighted by molar-refractivity contribution is 5.96. The molecule has 0 spiro atoms. The van der Waals surface area contributed by atoms with Crippen LogP contribution < -0.4 is 4.74 Å². The molecular weight excluding hydrogens is 244 g/mol. The molecule has 0 saturated heterocycles. The van der Waals surface area contributed by atoms with Crippen molar-refractivity contribution in [2.75, 3.05) is 7.11 Å². The van der Waals surface area contributed by atoms with Gasteiger partial charge in [-0.1, -0.05) is 6.07 Å². The Morgan fingerprint density at radius 1 is 1.32 bits per heavy atom. The Labute approximate surface area is 111 Å². The van der Waals surface area contributed by atoms with Crippen molar-refractivity contribution < 1.29 is 14.6 Å². The van der Waals surface area contributed by atoms with E-state index in [-0.39, 0.29) is 5.56 Å². The fraction of sp³-hybridized carbons (Fsp3) is 0.286. The van der Waals surface area contributed by atoms with Gasteiger partial charge in [-0.15, -0.1) is 0 Å². The minimum atomic E-state index is -1.01. The van der Waals surface area contributed by atoms with Gasteiger partial charge in [0, 0.05) is 5.56 Å². The van der Waals surface area contributed by atoms with E-state index in [9.17, 15) is 9.90 Å². The molecule has 1 aromatic carbocycles. The van der Waals surface area contributed by atoms with E-state index >= 15 is 0 Å². The molecule has 0 aliphatic rings. The number of aromatic amines is 1. The number of rotatable bonds is 3. The van der Waals surface area contributed by atoms with Crippen LogP contribution in [0, 0.1) is 20.8 Å². The monoisotopic (exact) mass is 260 g/mol. The van der Waals surface area contributed by atoms with E-state index in [1.165, 1.54) is 6.20 Å². The van der Waals surface area contributed by atoms with Gasteiger partial charge in [-0.2, -0.15) is 5.10 Å². The van der Waals surface area contributed by atoms with Crippen molar-refractivity contribution in [3.63, 3.8) is 0 Å². The number of aryl methyl sites for hydroxylation is 2. The quantitative estimate of drug-likeness (QED) is 0.889. The third kappa shape index (κ3) is 2.07. The molecule has 0 saturated carbocycles. The average Bonchev–Trinajstić information content (AvgIpc) is 2.82. The smallest absolute Gasteiger partial charge is 0.339 e. The molecule has 0 atom stereocenters. The normalized spacial score (nSPS) is 10.5. The summed E-state index contributed by atoms with van der Waals surface area (Å²) in [5.74, 6) is -0.326.